The second-order valence-corrected chi connectivity index (χ2v) is 5.83. The Balaban J connectivity index is 2.53. The molecule has 1 N–H and O–H groups in total. The van der Waals surface area contributed by atoms with E-state index in [1.165, 1.54) is 11.0 Å². The molecular formula is C15H23FN2O2. The molecule has 0 aliphatic carbocycles. The lowest BCUT2D eigenvalue weighted by Gasteiger charge is -2.27. The van der Waals surface area contributed by atoms with E-state index in [0.717, 1.165) is 0 Å². The minimum atomic E-state index is -0.848. The van der Waals surface area contributed by atoms with Gasteiger partial charge >= 0.3 is 0 Å². The third-order valence-electron chi connectivity index (χ3n) is 2.85. The Bertz CT molecular complexity index is 457. The Morgan fingerprint density at radius 2 is 1.90 bits per heavy atom. The molecule has 0 saturated carbocycles. The molecule has 0 radical (unpaired) electrons. The molecule has 0 spiro atoms. The highest BCUT2D eigenvalue weighted by molar-refractivity contribution is 5.77. The molecule has 112 valence electrons. The van der Waals surface area contributed by atoms with Crippen LogP contribution in [0.2, 0.25) is 0 Å². The predicted octanol–water partition coefficient (Wildman–Crippen LogP) is 1.49. The van der Waals surface area contributed by atoms with Crippen molar-refractivity contribution in [3.8, 4) is 0 Å². The molecule has 0 aromatic heterocycles. The number of rotatable bonds is 6. The van der Waals surface area contributed by atoms with Crippen molar-refractivity contribution in [3.05, 3.63) is 35.6 Å². The highest BCUT2D eigenvalue weighted by atomic mass is 19.1. The standard InChI is InChI=1S/C15H23FN2O2/c1-15(2,20)11-17(3)10-14(19)18(4)9-12-7-5-6-8-13(12)16/h5-8,20H,9-11H2,1-4H3. The molecule has 1 aromatic carbocycles. The van der Waals surface area contributed by atoms with Crippen molar-refractivity contribution in [2.45, 2.75) is 26.0 Å². The molecule has 1 rings (SSSR count). The van der Waals surface area contributed by atoms with Crippen molar-refractivity contribution in [1.29, 1.82) is 0 Å². The van der Waals surface area contributed by atoms with Gasteiger partial charge in [-0.05, 0) is 27.0 Å². The van der Waals surface area contributed by atoms with E-state index in [0.29, 0.717) is 12.1 Å². The molecule has 5 heteroatoms. The Morgan fingerprint density at radius 3 is 2.45 bits per heavy atom. The summed E-state index contributed by atoms with van der Waals surface area (Å²) in [5.41, 5.74) is -0.354. The topological polar surface area (TPSA) is 43.8 Å². The van der Waals surface area contributed by atoms with E-state index < -0.39 is 5.60 Å². The Labute approximate surface area is 119 Å². The summed E-state index contributed by atoms with van der Waals surface area (Å²) in [6, 6.07) is 6.42. The highest BCUT2D eigenvalue weighted by Crippen LogP contribution is 2.09. The van der Waals surface area contributed by atoms with Crippen LogP contribution in [0.3, 0.4) is 0 Å². The zero-order valence-corrected chi connectivity index (χ0v) is 12.6. The lowest BCUT2D eigenvalue weighted by Crippen LogP contribution is -2.42. The van der Waals surface area contributed by atoms with Gasteiger partial charge in [-0.15, -0.1) is 0 Å². The number of benzene rings is 1. The molecule has 4 nitrogen and oxygen atoms in total. The van der Waals surface area contributed by atoms with Crippen LogP contribution in [0.1, 0.15) is 19.4 Å². The molecule has 0 fully saturated rings. The number of aliphatic hydroxyl groups is 1. The maximum absolute atomic E-state index is 13.5. The minimum Gasteiger partial charge on any atom is -0.389 e. The highest BCUT2D eigenvalue weighted by Gasteiger charge is 2.19. The van der Waals surface area contributed by atoms with E-state index >= 15 is 0 Å². The zero-order chi connectivity index (χ0) is 15.3. The van der Waals surface area contributed by atoms with Gasteiger partial charge in [-0.3, -0.25) is 9.69 Å². The van der Waals surface area contributed by atoms with Crippen molar-refractivity contribution in [2.24, 2.45) is 0 Å². The van der Waals surface area contributed by atoms with Crippen LogP contribution in [-0.4, -0.2) is 53.6 Å². The van der Waals surface area contributed by atoms with Gasteiger partial charge in [0.2, 0.25) is 5.91 Å². The van der Waals surface area contributed by atoms with Crippen molar-refractivity contribution < 1.29 is 14.3 Å². The molecule has 0 saturated heterocycles. The molecule has 0 aliphatic heterocycles. The molecular weight excluding hydrogens is 259 g/mol. The smallest absolute Gasteiger partial charge is 0.236 e. The summed E-state index contributed by atoms with van der Waals surface area (Å²) in [6.07, 6.45) is 0. The molecule has 0 aliphatic rings. The fourth-order valence-electron chi connectivity index (χ4n) is 2.04. The minimum absolute atomic E-state index is 0.111. The van der Waals surface area contributed by atoms with Gasteiger partial charge in [-0.1, -0.05) is 18.2 Å². The van der Waals surface area contributed by atoms with Gasteiger partial charge in [-0.25, -0.2) is 4.39 Å². The maximum Gasteiger partial charge on any atom is 0.236 e. The van der Waals surface area contributed by atoms with Gasteiger partial charge in [0.25, 0.3) is 0 Å². The van der Waals surface area contributed by atoms with Gasteiger partial charge in [-0.2, -0.15) is 0 Å². The molecule has 0 atom stereocenters. The number of likely N-dealkylation sites (N-methyl/N-ethyl adjacent to an activating group) is 2. The fraction of sp³-hybridized carbons (Fsp3) is 0.533. The average Bonchev–Trinajstić information content (AvgIpc) is 2.29. The normalized spacial score (nSPS) is 11.8. The third-order valence-corrected chi connectivity index (χ3v) is 2.85. The SMILES string of the molecule is CN(CC(=O)N(C)Cc1ccccc1F)CC(C)(C)O. The first-order valence-corrected chi connectivity index (χ1v) is 6.57. The van der Waals surface area contributed by atoms with Crippen LogP contribution < -0.4 is 0 Å². The maximum atomic E-state index is 13.5. The predicted molar refractivity (Wildman–Crippen MR) is 76.7 cm³/mol. The average molecular weight is 282 g/mol. The van der Waals surface area contributed by atoms with E-state index in [1.807, 2.05) is 0 Å². The molecule has 0 heterocycles. The summed E-state index contributed by atoms with van der Waals surface area (Å²) < 4.78 is 13.5. The van der Waals surface area contributed by atoms with Gasteiger partial charge in [0.05, 0.1) is 12.1 Å². The first kappa shape index (κ1) is 16.6. The van der Waals surface area contributed by atoms with Crippen LogP contribution in [0.15, 0.2) is 24.3 Å². The van der Waals surface area contributed by atoms with Gasteiger partial charge in [0, 0.05) is 25.7 Å². The van der Waals surface area contributed by atoms with E-state index in [1.54, 1.807) is 51.0 Å². The lowest BCUT2D eigenvalue weighted by molar-refractivity contribution is -0.131. The third kappa shape index (κ3) is 5.67. The Hall–Kier alpha value is -1.46. The van der Waals surface area contributed by atoms with Crippen LogP contribution in [0.25, 0.3) is 0 Å². The second-order valence-electron chi connectivity index (χ2n) is 5.83. The summed E-state index contributed by atoms with van der Waals surface area (Å²) in [5.74, 6) is -0.419. The van der Waals surface area contributed by atoms with Gasteiger partial charge < -0.3 is 10.0 Å². The van der Waals surface area contributed by atoms with Crippen molar-refractivity contribution in [3.63, 3.8) is 0 Å². The van der Waals surface area contributed by atoms with Crippen LogP contribution in [0, 0.1) is 5.82 Å². The summed E-state index contributed by atoms with van der Waals surface area (Å²) in [4.78, 5) is 15.3. The van der Waals surface area contributed by atoms with Crippen molar-refractivity contribution in [2.75, 3.05) is 27.2 Å². The molecule has 1 aromatic rings. The van der Waals surface area contributed by atoms with Gasteiger partial charge in [0.15, 0.2) is 0 Å². The number of nitrogens with zero attached hydrogens (tertiary/aromatic N) is 2. The number of carbonyl (C=O) groups is 1. The largest absolute Gasteiger partial charge is 0.389 e. The van der Waals surface area contributed by atoms with E-state index in [2.05, 4.69) is 0 Å². The lowest BCUT2D eigenvalue weighted by atomic mass is 10.1. The number of hydrogen-bond donors (Lipinski definition) is 1. The van der Waals surface area contributed by atoms with Crippen molar-refractivity contribution >= 4 is 5.91 Å². The molecule has 0 unspecified atom stereocenters. The van der Waals surface area contributed by atoms with Crippen LogP contribution in [-0.2, 0) is 11.3 Å². The van der Waals surface area contributed by atoms with Crippen molar-refractivity contribution in [1.82, 2.24) is 9.80 Å². The van der Waals surface area contributed by atoms with E-state index in [4.69, 9.17) is 0 Å². The van der Waals surface area contributed by atoms with Crippen LogP contribution in [0.5, 0.6) is 0 Å². The number of carbonyl (C=O) groups excluding carboxylic acids is 1. The molecule has 0 bridgehead atoms. The van der Waals surface area contributed by atoms with Crippen LogP contribution >= 0.6 is 0 Å². The van der Waals surface area contributed by atoms with Crippen LogP contribution in [0.4, 0.5) is 4.39 Å². The fourth-order valence-corrected chi connectivity index (χ4v) is 2.04. The van der Waals surface area contributed by atoms with E-state index in [-0.39, 0.29) is 24.8 Å². The van der Waals surface area contributed by atoms with E-state index in [9.17, 15) is 14.3 Å². The quantitative estimate of drug-likeness (QED) is 0.859. The number of halogens is 1. The van der Waals surface area contributed by atoms with Gasteiger partial charge in [0.1, 0.15) is 5.82 Å². The molecule has 20 heavy (non-hydrogen) atoms. The monoisotopic (exact) mass is 282 g/mol. The Morgan fingerprint density at radius 1 is 1.30 bits per heavy atom. The summed E-state index contributed by atoms with van der Waals surface area (Å²) in [7, 11) is 3.42. The molecule has 1 amide bonds. The summed E-state index contributed by atoms with van der Waals surface area (Å²) in [6.45, 7) is 4.21. The second kappa shape index (κ2) is 6.81. The Kier molecular flexibility index (Phi) is 5.65. The number of hydrogen-bond acceptors (Lipinski definition) is 3. The summed E-state index contributed by atoms with van der Waals surface area (Å²) in [5, 5.41) is 9.69. The first-order chi connectivity index (χ1) is 9.19. The number of amides is 1. The first-order valence-electron chi connectivity index (χ1n) is 6.57. The summed E-state index contributed by atoms with van der Waals surface area (Å²) >= 11 is 0. The zero-order valence-electron chi connectivity index (χ0n) is 12.6.